The number of ether oxygens (including phenoxy) is 10. The number of nitrogens with zero attached hydrogens (tertiary/aromatic N) is 2. The highest BCUT2D eigenvalue weighted by Gasteiger charge is 2.62. The molecule has 95 heavy (non-hydrogen) atoms. The summed E-state index contributed by atoms with van der Waals surface area (Å²) in [7, 11) is -7.09. The average Bonchev–Trinajstić information content (AvgIpc) is 1.70. The van der Waals surface area contributed by atoms with Gasteiger partial charge < -0.3 is 156 Å². The van der Waals surface area contributed by atoms with E-state index in [4.69, 9.17) is 86.0 Å². The highest BCUT2D eigenvalue weighted by Crippen LogP contribution is 2.60. The third kappa shape index (κ3) is 17.6. The van der Waals surface area contributed by atoms with Gasteiger partial charge in [0.1, 0.15) is 153 Å². The second-order valence-corrected chi connectivity index (χ2v) is 27.7. The fourth-order valence-corrected chi connectivity index (χ4v) is 14.5. The number of aromatic nitrogens is 1. The van der Waals surface area contributed by atoms with Crippen molar-refractivity contribution in [3.05, 3.63) is 6.07 Å². The van der Waals surface area contributed by atoms with Crippen molar-refractivity contribution in [2.75, 3.05) is 66.2 Å². The van der Waals surface area contributed by atoms with Gasteiger partial charge in [0.2, 0.25) is 5.88 Å². The first-order valence-electron chi connectivity index (χ1n) is 30.1. The van der Waals surface area contributed by atoms with Crippen LogP contribution in [0.1, 0.15) is 26.2 Å². The molecule has 1 saturated carbocycles. The molecule has 0 spiro atoms. The molecular weight excluding hydrogens is 1350 g/mol. The van der Waals surface area contributed by atoms with Crippen molar-refractivity contribution < 1.29 is 181 Å². The minimum atomic E-state index is -4.62. The molecule has 1 aromatic rings. The summed E-state index contributed by atoms with van der Waals surface area (Å²) in [6.07, 6.45) is -57.8. The molecule has 1 aliphatic carbocycles. The zero-order valence-electron chi connectivity index (χ0n) is 51.2. The van der Waals surface area contributed by atoms with E-state index >= 15 is 0 Å². The molecule has 6 saturated heterocycles. The Morgan fingerprint density at radius 1 is 0.600 bits per heavy atom. The minimum absolute atomic E-state index is 0.0622. The molecule has 8 rings (SSSR count). The molecule has 0 aromatic carbocycles. The number of aliphatic imine (C=N–C) groups is 1. The molecule has 0 radical (unpaired) electrons. The summed E-state index contributed by atoms with van der Waals surface area (Å²) in [6.45, 7) is -3.26. The van der Waals surface area contributed by atoms with Crippen molar-refractivity contribution in [3.8, 4) is 11.8 Å². The predicted molar refractivity (Wildman–Crippen MR) is 307 cm³/mol. The average molecular weight is 1440 g/mol. The molecule has 7 heterocycles. The number of aliphatic hydroxyl groups excluding tert-OH is 17. The number of aliphatic hydroxyl groups is 17. The molecule has 1 aromatic heterocycles. The van der Waals surface area contributed by atoms with Gasteiger partial charge in [-0.1, -0.05) is 6.92 Å². The first-order chi connectivity index (χ1) is 45.0. The van der Waals surface area contributed by atoms with Crippen LogP contribution in [-0.2, 0) is 90.2 Å². The van der Waals surface area contributed by atoms with Gasteiger partial charge >= 0.3 is 15.6 Å². The quantitative estimate of drug-likeness (QED) is 0.0112. The Hall–Kier alpha value is -2.20. The van der Waals surface area contributed by atoms with Crippen LogP contribution < -0.4 is 11.5 Å². The van der Waals surface area contributed by atoms with Crippen molar-refractivity contribution in [1.29, 1.82) is 0 Å². The lowest BCUT2D eigenvalue weighted by molar-refractivity contribution is -0.396. The van der Waals surface area contributed by atoms with E-state index < -0.39 is 245 Å². The molecule has 0 amide bonds. The van der Waals surface area contributed by atoms with Gasteiger partial charge in [-0.2, -0.15) is 0 Å². The van der Waals surface area contributed by atoms with E-state index in [9.17, 15) is 106 Å². The molecule has 23 N–H and O–H groups in total. The maximum atomic E-state index is 13.7. The molecule has 44 heteroatoms. The van der Waals surface area contributed by atoms with Crippen molar-refractivity contribution in [3.63, 3.8) is 0 Å². The summed E-state index contributed by atoms with van der Waals surface area (Å²) >= 11 is 1.29. The normalized spacial score (nSPS) is 45.0. The van der Waals surface area contributed by atoms with Gasteiger partial charge in [-0.25, -0.2) is 9.13 Å². The van der Waals surface area contributed by atoms with E-state index in [1.165, 1.54) is 22.4 Å². The Bertz CT molecular complexity index is 2700. The number of hydrogen-bond acceptors (Lipinski definition) is 40. The number of phosphoric ester groups is 2. The molecule has 7 fully saturated rings. The number of hydrogen-bond donors (Lipinski definition) is 21. The van der Waals surface area contributed by atoms with Crippen LogP contribution in [0.3, 0.4) is 0 Å². The molecule has 6 aliphatic heterocycles. The number of amidine groups is 1. The summed E-state index contributed by atoms with van der Waals surface area (Å²) in [5.41, 5.74) is 12.4. The molecule has 550 valence electrons. The van der Waals surface area contributed by atoms with Crippen molar-refractivity contribution in [1.82, 2.24) is 4.57 Å². The van der Waals surface area contributed by atoms with Gasteiger partial charge in [0.15, 0.2) is 37.3 Å². The third-order valence-corrected chi connectivity index (χ3v) is 20.8. The third-order valence-electron chi connectivity index (χ3n) is 16.8. The first-order valence-corrected chi connectivity index (χ1v) is 34.0. The summed E-state index contributed by atoms with van der Waals surface area (Å²) in [6, 6.07) is -0.274. The van der Waals surface area contributed by atoms with Crippen molar-refractivity contribution in [2.45, 2.75) is 228 Å². The molecular formula is C51H88N4O37P2S. The van der Waals surface area contributed by atoms with Gasteiger partial charge in [0.05, 0.1) is 63.0 Å². The Morgan fingerprint density at radius 3 is 1.71 bits per heavy atom. The predicted octanol–water partition coefficient (Wildman–Crippen LogP) is -9.58. The number of rotatable bonds is 30. The zero-order chi connectivity index (χ0) is 69.7. The van der Waals surface area contributed by atoms with Crippen LogP contribution in [0.4, 0.5) is 0 Å². The highest BCUT2D eigenvalue weighted by atomic mass is 32.2. The van der Waals surface area contributed by atoms with E-state index in [0.717, 1.165) is 14.2 Å². The van der Waals surface area contributed by atoms with Crippen LogP contribution in [0.15, 0.2) is 16.0 Å². The van der Waals surface area contributed by atoms with E-state index in [1.807, 2.05) is 6.92 Å². The van der Waals surface area contributed by atoms with Crippen LogP contribution in [-0.4, -0.2) is 364 Å². The Kier molecular flexibility index (Phi) is 28.3. The van der Waals surface area contributed by atoms with Gasteiger partial charge in [0, 0.05) is 33.3 Å². The highest BCUT2D eigenvalue weighted by molar-refractivity contribution is 7.99. The maximum Gasteiger partial charge on any atom is 0.475 e. The van der Waals surface area contributed by atoms with Gasteiger partial charge in [-0.15, -0.1) is 11.8 Å². The molecule has 7 aliphatic rings. The van der Waals surface area contributed by atoms with Crippen LogP contribution in [0.5, 0.6) is 11.8 Å². The first kappa shape index (κ1) is 78.5. The van der Waals surface area contributed by atoms with E-state index in [1.54, 1.807) is 0 Å². The fourth-order valence-electron chi connectivity index (χ4n) is 11.4. The lowest BCUT2D eigenvalue weighted by atomic mass is 9.84. The SMILES string of the molecule is CCCn1c(O)cc(SCCCC(N)=NCCOP(=O)(OC)OCC2OC(OC3C(OCC4OC(OC5C(CO)OC(OC6C(O)C(O)C(O)C7OP(=O)(OC)OC67)C(N)C5O)C(O)C(O)C4O)OC(CO)C(O)C3O)C(OC3OC(CO)C(O)C(O)C3O)C(O)C2O)c1O. The number of aromatic hydroxyl groups is 2. The largest absolute Gasteiger partial charge is 0.494 e. The zero-order valence-corrected chi connectivity index (χ0v) is 53.8. The van der Waals surface area contributed by atoms with Crippen LogP contribution in [0.2, 0.25) is 0 Å². The van der Waals surface area contributed by atoms with Crippen molar-refractivity contribution >= 4 is 33.2 Å². The summed E-state index contributed by atoms with van der Waals surface area (Å²) < 4.78 is 118. The second-order valence-electron chi connectivity index (χ2n) is 23.1. The monoisotopic (exact) mass is 1440 g/mol. The molecule has 33 unspecified atom stereocenters. The van der Waals surface area contributed by atoms with E-state index in [0.29, 0.717) is 36.5 Å². The Labute approximate surface area is 545 Å². The molecule has 0 bridgehead atoms. The summed E-state index contributed by atoms with van der Waals surface area (Å²) in [4.78, 5) is 4.67. The van der Waals surface area contributed by atoms with Crippen LogP contribution >= 0.6 is 27.4 Å². The summed E-state index contributed by atoms with van der Waals surface area (Å²) in [5.74, 6) is 0.533. The Morgan fingerprint density at radius 2 is 1.09 bits per heavy atom. The van der Waals surface area contributed by atoms with E-state index in [-0.39, 0.29) is 24.1 Å². The number of fused-ring (bicyclic) bond motifs is 1. The van der Waals surface area contributed by atoms with E-state index in [2.05, 4.69) is 4.99 Å². The standard InChI is InChI=1S/C51H88N4O37P2S/c1-4-8-55-24(59)11-22(46(55)74)95-10-5-6-23(52)54-7-9-80-93(75,77-2)81-16-21-29(63)35(69)44(89-48-38(72)31(65)26(60)17(12-56)82-48)51(86-21)90-43-34(68)27(61)18(13-57)83-50(43)79-15-20-28(62)32(66)39(73)49(85-20)87-40-19(14-58)84-47(25(53)30(40)64)88-41-36(70)33(67)37(71)42-45(41)92-94(76,78-3)91-42/h11,17-21,25-45,47-51,56-74H,4-10,12-16,53H2,1-3H3,(H2,52,54). The van der Waals surface area contributed by atoms with Gasteiger partial charge in [0.25, 0.3) is 0 Å². The van der Waals surface area contributed by atoms with Gasteiger partial charge in [-0.05, 0) is 18.6 Å². The molecule has 41 nitrogen and oxygen atoms in total. The topological polar surface area (TPSA) is 636 Å². The lowest BCUT2D eigenvalue weighted by Crippen LogP contribution is -2.69. The molecule has 33 atom stereocenters. The minimum Gasteiger partial charge on any atom is -0.494 e. The van der Waals surface area contributed by atoms with Gasteiger partial charge in [-0.3, -0.25) is 36.7 Å². The summed E-state index contributed by atoms with van der Waals surface area (Å²) in [5, 5.41) is 206. The number of thioether (sulfide) groups is 1. The fraction of sp³-hybridized carbons (Fsp3) is 0.902. The van der Waals surface area contributed by atoms with Crippen molar-refractivity contribution in [2.24, 2.45) is 16.5 Å². The smallest absolute Gasteiger partial charge is 0.475 e. The lowest BCUT2D eigenvalue weighted by Gasteiger charge is -2.49. The van der Waals surface area contributed by atoms with Crippen LogP contribution in [0, 0.1) is 0 Å². The van der Waals surface area contributed by atoms with Crippen LogP contribution in [0.25, 0.3) is 0 Å². The maximum absolute atomic E-state index is 13.7. The number of nitrogens with two attached hydrogens (primary N) is 2. The number of phosphoric acid groups is 2. The second kappa shape index (κ2) is 34.2. The Balaban J connectivity index is 0.941.